The molecule has 50 heavy (non-hydrogen) atoms. The predicted molar refractivity (Wildman–Crippen MR) is 200 cm³/mol. The molecular formula is C42H29N8+. The average Bonchev–Trinajstić information content (AvgIpc) is 3.94. The second-order valence-electron chi connectivity index (χ2n) is 13.2. The molecule has 0 aromatic carbocycles. The molecule has 8 heteroatoms. The van der Waals surface area contributed by atoms with Gasteiger partial charge in [-0.2, -0.15) is 9.13 Å². The molecule has 0 saturated heterocycles. The Balaban J connectivity index is 0.000000118. The minimum atomic E-state index is -0.433. The summed E-state index contributed by atoms with van der Waals surface area (Å²) < 4.78 is 9.92. The first-order chi connectivity index (χ1) is 24.2. The van der Waals surface area contributed by atoms with Gasteiger partial charge < -0.3 is 17.4 Å². The Morgan fingerprint density at radius 3 is 1.58 bits per heavy atom. The Morgan fingerprint density at radius 1 is 0.460 bits per heavy atom. The van der Waals surface area contributed by atoms with Crippen LogP contribution in [0.4, 0.5) is 0 Å². The zero-order valence-electron chi connectivity index (χ0n) is 27.0. The number of fused-ring (bicyclic) bond motifs is 8. The van der Waals surface area contributed by atoms with E-state index in [1.54, 1.807) is 0 Å². The standard InChI is InChI=1S/C21H12N4.C20H14N4.CH3/c1-2-14-10-16-5-6-18-12-20-8-7-19-11-17-4-3-15-9-13(1)22(14)21(23(15)17,24(16)18)25(19)20;1-2-14-10-16-5-6-18(23-16)12-20-8-7-19(24-20)11-17-4-3-15(22-17)9-13(1)21-14;/h1-12H;1-12,21-22H;1H3/q+2;;-1. The highest BCUT2D eigenvalue weighted by Crippen LogP contribution is 2.43. The maximum atomic E-state index is 4.62. The van der Waals surface area contributed by atoms with E-state index in [1.165, 1.54) is 44.9 Å². The minimum absolute atomic E-state index is 0. The Labute approximate surface area is 286 Å². The van der Waals surface area contributed by atoms with E-state index >= 15 is 0 Å². The summed E-state index contributed by atoms with van der Waals surface area (Å²) in [5.41, 5.74) is 15.4. The van der Waals surface area contributed by atoms with E-state index in [2.05, 4.69) is 141 Å². The highest BCUT2D eigenvalue weighted by molar-refractivity contribution is 6.16. The van der Waals surface area contributed by atoms with Gasteiger partial charge in [-0.1, -0.05) is 9.15 Å². The topological polar surface area (TPSA) is 73.2 Å². The Kier molecular flexibility index (Phi) is 5.12. The number of rotatable bonds is 0. The molecule has 8 aliphatic rings. The van der Waals surface area contributed by atoms with E-state index in [-0.39, 0.29) is 7.43 Å². The molecular weight excluding hydrogens is 617 g/mol. The van der Waals surface area contributed by atoms with E-state index in [9.17, 15) is 0 Å². The summed E-state index contributed by atoms with van der Waals surface area (Å²) in [4.78, 5) is 16.0. The molecule has 0 saturated carbocycles. The zero-order chi connectivity index (χ0) is 31.8. The summed E-state index contributed by atoms with van der Waals surface area (Å²) in [5.74, 6) is -0.433. The molecule has 0 amide bonds. The van der Waals surface area contributed by atoms with E-state index in [1.807, 2.05) is 42.5 Å². The largest absolute Gasteiger partial charge is 0.553 e. The van der Waals surface area contributed by atoms with Crippen molar-refractivity contribution in [3.8, 4) is 0 Å². The van der Waals surface area contributed by atoms with Crippen molar-refractivity contribution < 1.29 is 9.15 Å². The van der Waals surface area contributed by atoms with Crippen LogP contribution in [0.2, 0.25) is 0 Å². The molecule has 5 aromatic heterocycles. The normalized spacial score (nSPS) is 19.6. The van der Waals surface area contributed by atoms with Gasteiger partial charge in [0.1, 0.15) is 0 Å². The lowest BCUT2D eigenvalue weighted by Crippen LogP contribution is -2.69. The molecule has 8 aliphatic heterocycles. The van der Waals surface area contributed by atoms with Crippen molar-refractivity contribution in [2.75, 3.05) is 0 Å². The Bertz CT molecular complexity index is 2900. The average molecular weight is 646 g/mol. The Morgan fingerprint density at radius 2 is 0.960 bits per heavy atom. The number of hydrogen-bond donors (Lipinski definition) is 2. The highest BCUT2D eigenvalue weighted by Gasteiger charge is 2.69. The molecule has 0 fully saturated rings. The summed E-state index contributed by atoms with van der Waals surface area (Å²) in [7, 11) is 0. The summed E-state index contributed by atoms with van der Waals surface area (Å²) in [6.45, 7) is 0. The van der Waals surface area contributed by atoms with Crippen LogP contribution in [-0.4, -0.2) is 49.6 Å². The van der Waals surface area contributed by atoms with E-state index in [0.29, 0.717) is 0 Å². The number of aromatic nitrogens is 6. The first kappa shape index (κ1) is 27.2. The van der Waals surface area contributed by atoms with E-state index in [4.69, 9.17) is 0 Å². The highest BCUT2D eigenvalue weighted by atomic mass is 15.6. The third-order valence-electron chi connectivity index (χ3n) is 10.2. The van der Waals surface area contributed by atoms with Gasteiger partial charge in [-0.3, -0.25) is 0 Å². The summed E-state index contributed by atoms with van der Waals surface area (Å²) in [6.07, 6.45) is 26.2. The van der Waals surface area contributed by atoms with Gasteiger partial charge in [0.05, 0.1) is 50.9 Å². The molecule has 8 bridgehead atoms. The van der Waals surface area contributed by atoms with Crippen LogP contribution in [0, 0.1) is 7.43 Å². The molecule has 0 aliphatic carbocycles. The van der Waals surface area contributed by atoms with Gasteiger partial charge in [0.25, 0.3) is 0 Å². The van der Waals surface area contributed by atoms with Gasteiger partial charge in [0.2, 0.25) is 22.8 Å². The molecule has 13 rings (SSSR count). The fraction of sp³-hybridized carbons (Fsp3) is 0.0238. The van der Waals surface area contributed by atoms with Crippen LogP contribution >= 0.6 is 0 Å². The van der Waals surface area contributed by atoms with Gasteiger partial charge in [-0.15, -0.1) is 0 Å². The van der Waals surface area contributed by atoms with Gasteiger partial charge in [-0.25, -0.2) is 9.97 Å². The van der Waals surface area contributed by atoms with Crippen LogP contribution in [0.5, 0.6) is 0 Å². The van der Waals surface area contributed by atoms with Crippen molar-refractivity contribution in [3.63, 3.8) is 0 Å². The monoisotopic (exact) mass is 645 g/mol. The van der Waals surface area contributed by atoms with Crippen molar-refractivity contribution >= 4 is 76.0 Å². The molecule has 2 N–H and O–H groups in total. The fourth-order valence-electron chi connectivity index (χ4n) is 8.31. The summed E-state index contributed by atoms with van der Waals surface area (Å²) in [6, 6.07) is 25.4. The second-order valence-corrected chi connectivity index (χ2v) is 13.2. The van der Waals surface area contributed by atoms with Crippen LogP contribution in [-0.2, 0) is 5.91 Å². The van der Waals surface area contributed by atoms with Gasteiger partial charge in [0, 0.05) is 58.5 Å². The van der Waals surface area contributed by atoms with Crippen LogP contribution in [0.15, 0.2) is 115 Å². The van der Waals surface area contributed by atoms with Crippen molar-refractivity contribution in [1.82, 2.24) is 29.1 Å². The summed E-state index contributed by atoms with van der Waals surface area (Å²) >= 11 is 0. The number of allylic oxidation sites excluding steroid dienone is 5. The van der Waals surface area contributed by atoms with Gasteiger partial charge >= 0.3 is 5.91 Å². The van der Waals surface area contributed by atoms with Crippen LogP contribution < -0.4 is 10.7 Å². The van der Waals surface area contributed by atoms with Gasteiger partial charge in [-0.05, 0) is 103 Å². The van der Waals surface area contributed by atoms with Crippen LogP contribution in [0.1, 0.15) is 34.2 Å². The number of aromatic amines is 2. The lowest BCUT2D eigenvalue weighted by molar-refractivity contribution is -0.836. The molecule has 1 unspecified atom stereocenters. The van der Waals surface area contributed by atoms with Crippen LogP contribution in [0.25, 0.3) is 64.6 Å². The third kappa shape index (κ3) is 3.54. The molecule has 0 radical (unpaired) electrons. The molecule has 5 aromatic rings. The molecule has 1 spiro atoms. The number of nitrogens with one attached hydrogen (secondary N) is 2. The van der Waals surface area contributed by atoms with E-state index in [0.717, 1.165) is 44.8 Å². The maximum absolute atomic E-state index is 4.62. The quantitative estimate of drug-likeness (QED) is 0.163. The number of nitrogens with zero attached hydrogens (tertiary/aromatic N) is 6. The molecule has 1 atom stereocenters. The van der Waals surface area contributed by atoms with Crippen molar-refractivity contribution in [3.05, 3.63) is 167 Å². The lowest BCUT2D eigenvalue weighted by Gasteiger charge is -2.37. The molecule has 236 valence electrons. The lowest BCUT2D eigenvalue weighted by atomic mass is 10.1. The van der Waals surface area contributed by atoms with Crippen molar-refractivity contribution in [2.45, 2.75) is 5.91 Å². The van der Waals surface area contributed by atoms with Crippen molar-refractivity contribution in [2.24, 2.45) is 0 Å². The SMILES string of the molecule is C1=CC2=[N+]3C1=Cc1ccc4n1C31n3c(ccc3=C4)=CC3=[N+]1C(=C2)C=C3.C1=Cc2cc3ccc(cc4ccc(cc5nc(cc1n2)C=C5)[nH]4)[nH]3.[CH3-]. The molecule has 8 nitrogen and oxygen atoms in total. The first-order valence-electron chi connectivity index (χ1n) is 16.5. The zero-order valence-corrected chi connectivity index (χ0v) is 27.0. The maximum Gasteiger partial charge on any atom is 0.553 e. The predicted octanol–water partition coefficient (Wildman–Crippen LogP) is 5.75. The number of H-pyrrole nitrogens is 2. The fourth-order valence-corrected chi connectivity index (χ4v) is 8.31. The van der Waals surface area contributed by atoms with E-state index < -0.39 is 5.91 Å². The molecule has 13 heterocycles. The summed E-state index contributed by atoms with van der Waals surface area (Å²) in [5, 5.41) is 2.51. The Hall–Kier alpha value is -6.80. The first-order valence-corrected chi connectivity index (χ1v) is 16.5. The number of hydrogen-bond acceptors (Lipinski definition) is 2. The van der Waals surface area contributed by atoms with Crippen LogP contribution in [0.3, 0.4) is 0 Å². The van der Waals surface area contributed by atoms with Gasteiger partial charge in [0.15, 0.2) is 0 Å². The smallest absolute Gasteiger partial charge is 0.358 e. The third-order valence-corrected chi connectivity index (χ3v) is 10.2. The minimum Gasteiger partial charge on any atom is -0.358 e. The second kappa shape index (κ2) is 9.42. The van der Waals surface area contributed by atoms with Crippen molar-refractivity contribution in [1.29, 1.82) is 0 Å².